The molecule has 0 amide bonds. The van der Waals surface area contributed by atoms with Crippen LogP contribution in [0.5, 0.6) is 0 Å². The van der Waals surface area contributed by atoms with E-state index in [-0.39, 0.29) is 0 Å². The number of hydrogen-bond donors (Lipinski definition) is 2. The van der Waals surface area contributed by atoms with Crippen LogP contribution >= 0.6 is 0 Å². The number of ether oxygens (including phenoxy) is 1. The summed E-state index contributed by atoms with van der Waals surface area (Å²) in [7, 11) is -3.18. The van der Waals surface area contributed by atoms with Crippen molar-refractivity contribution < 1.29 is 13.2 Å². The first-order chi connectivity index (χ1) is 12.5. The minimum absolute atomic E-state index is 0.299. The van der Waals surface area contributed by atoms with Crippen LogP contribution in [0, 0.1) is 5.92 Å². The third-order valence-electron chi connectivity index (χ3n) is 5.87. The van der Waals surface area contributed by atoms with E-state index < -0.39 is 14.6 Å². The van der Waals surface area contributed by atoms with E-state index in [0.717, 1.165) is 31.4 Å². The van der Waals surface area contributed by atoms with Gasteiger partial charge in [0.1, 0.15) is 0 Å². The topological polar surface area (TPSA) is 79.8 Å². The van der Waals surface area contributed by atoms with Gasteiger partial charge in [-0.15, -0.1) is 0 Å². The van der Waals surface area contributed by atoms with Gasteiger partial charge >= 0.3 is 0 Å². The van der Waals surface area contributed by atoms with Crippen LogP contribution in [0.4, 0.5) is 0 Å². The Hall–Kier alpha value is -0.820. The summed E-state index contributed by atoms with van der Waals surface area (Å²) in [5.74, 6) is 1.62. The van der Waals surface area contributed by atoms with Crippen LogP contribution in [0.3, 0.4) is 0 Å². The van der Waals surface area contributed by atoms with Gasteiger partial charge in [-0.1, -0.05) is 32.1 Å². The molecule has 1 heterocycles. The van der Waals surface area contributed by atoms with Gasteiger partial charge in [0.15, 0.2) is 15.8 Å². The number of nitrogens with zero attached hydrogens (tertiary/aromatic N) is 1. The Morgan fingerprint density at radius 3 is 2.46 bits per heavy atom. The van der Waals surface area contributed by atoms with Crippen LogP contribution in [0.1, 0.15) is 64.7 Å². The third kappa shape index (κ3) is 6.41. The molecule has 2 rings (SSSR count). The molecule has 1 aliphatic carbocycles. The Labute approximate surface area is 159 Å². The Bertz CT molecular complexity index is 536. The van der Waals surface area contributed by atoms with Crippen molar-refractivity contribution in [2.75, 3.05) is 39.1 Å². The van der Waals surface area contributed by atoms with E-state index in [1.54, 1.807) is 0 Å². The molecule has 0 radical (unpaired) electrons. The van der Waals surface area contributed by atoms with Gasteiger partial charge in [-0.05, 0) is 38.5 Å². The summed E-state index contributed by atoms with van der Waals surface area (Å²) < 4.78 is 29.3. The van der Waals surface area contributed by atoms with Gasteiger partial charge in [0.25, 0.3) is 0 Å². The lowest BCUT2D eigenvalue weighted by molar-refractivity contribution is 0.0768. The quantitative estimate of drug-likeness (QED) is 0.380. The van der Waals surface area contributed by atoms with Crippen molar-refractivity contribution in [1.82, 2.24) is 10.6 Å². The standard InChI is InChI=1S/C19H37N3O3S/c1-3-20-18(21-13-7-10-17-8-5-4-6-9-17)22-16-19(26(2,23)24)11-14-25-15-12-19/h17H,3-16H2,1-2H3,(H2,20,21,22). The minimum atomic E-state index is -3.18. The Kier molecular flexibility index (Phi) is 8.67. The summed E-state index contributed by atoms with van der Waals surface area (Å²) in [6.45, 7) is 4.97. The first-order valence-corrected chi connectivity index (χ1v) is 12.2. The fourth-order valence-corrected chi connectivity index (χ4v) is 5.24. The molecule has 1 saturated carbocycles. The molecule has 0 atom stereocenters. The van der Waals surface area contributed by atoms with Crippen molar-refractivity contribution in [1.29, 1.82) is 0 Å². The van der Waals surface area contributed by atoms with Gasteiger partial charge in [-0.25, -0.2) is 8.42 Å². The molecular formula is C19H37N3O3S. The average Bonchev–Trinajstić information content (AvgIpc) is 2.64. The molecule has 7 heteroatoms. The second-order valence-electron chi connectivity index (χ2n) is 7.84. The Morgan fingerprint density at radius 2 is 1.85 bits per heavy atom. The summed E-state index contributed by atoms with van der Waals surface area (Å²) in [6, 6.07) is 0. The molecule has 6 nitrogen and oxygen atoms in total. The summed E-state index contributed by atoms with van der Waals surface area (Å²) in [4.78, 5) is 4.62. The van der Waals surface area contributed by atoms with Crippen LogP contribution in [-0.2, 0) is 14.6 Å². The van der Waals surface area contributed by atoms with Crippen LogP contribution in [0.25, 0.3) is 0 Å². The van der Waals surface area contributed by atoms with Crippen molar-refractivity contribution in [3.05, 3.63) is 0 Å². The summed E-state index contributed by atoms with van der Waals surface area (Å²) in [5.41, 5.74) is 0. The van der Waals surface area contributed by atoms with Crippen molar-refractivity contribution in [3.8, 4) is 0 Å². The van der Waals surface area contributed by atoms with Crippen molar-refractivity contribution in [2.24, 2.45) is 10.9 Å². The maximum absolute atomic E-state index is 12.3. The molecule has 2 aliphatic rings. The van der Waals surface area contributed by atoms with Crippen molar-refractivity contribution in [3.63, 3.8) is 0 Å². The van der Waals surface area contributed by atoms with Crippen LogP contribution in [-0.4, -0.2) is 58.2 Å². The van der Waals surface area contributed by atoms with E-state index in [1.807, 2.05) is 6.92 Å². The second-order valence-corrected chi connectivity index (χ2v) is 10.2. The van der Waals surface area contributed by atoms with Gasteiger partial charge < -0.3 is 15.4 Å². The van der Waals surface area contributed by atoms with Gasteiger partial charge in [-0.3, -0.25) is 4.99 Å². The first kappa shape index (κ1) is 21.5. The molecule has 0 aromatic carbocycles. The average molecular weight is 388 g/mol. The number of aliphatic imine (C=N–C) groups is 1. The van der Waals surface area contributed by atoms with E-state index in [4.69, 9.17) is 4.74 Å². The zero-order chi connectivity index (χ0) is 18.9. The highest BCUT2D eigenvalue weighted by Gasteiger charge is 2.42. The summed E-state index contributed by atoms with van der Waals surface area (Å²) >= 11 is 0. The summed E-state index contributed by atoms with van der Waals surface area (Å²) in [5, 5.41) is 6.62. The molecule has 0 unspecified atom stereocenters. The number of rotatable bonds is 8. The number of hydrogen-bond acceptors (Lipinski definition) is 4. The molecule has 2 fully saturated rings. The predicted octanol–water partition coefficient (Wildman–Crippen LogP) is 2.50. The number of nitrogens with one attached hydrogen (secondary N) is 2. The fourth-order valence-electron chi connectivity index (χ4n) is 4.03. The SMILES string of the molecule is CCNC(=NCC1(S(C)(=O)=O)CCOCC1)NCCCC1CCCCC1. The van der Waals surface area contributed by atoms with E-state index >= 15 is 0 Å². The van der Waals surface area contributed by atoms with Crippen molar-refractivity contribution >= 4 is 15.8 Å². The minimum Gasteiger partial charge on any atom is -0.381 e. The fraction of sp³-hybridized carbons (Fsp3) is 0.947. The van der Waals surface area contributed by atoms with Crippen LogP contribution in [0.2, 0.25) is 0 Å². The third-order valence-corrected chi connectivity index (χ3v) is 7.98. The normalized spacial score (nSPS) is 22.2. The largest absolute Gasteiger partial charge is 0.381 e. The van der Waals surface area contributed by atoms with E-state index in [9.17, 15) is 8.42 Å². The van der Waals surface area contributed by atoms with Gasteiger partial charge in [0, 0.05) is 32.6 Å². The molecule has 1 saturated heterocycles. The molecule has 152 valence electrons. The Morgan fingerprint density at radius 1 is 1.15 bits per heavy atom. The molecule has 1 aliphatic heterocycles. The molecule has 2 N–H and O–H groups in total. The van der Waals surface area contributed by atoms with E-state index in [2.05, 4.69) is 15.6 Å². The monoisotopic (exact) mass is 387 g/mol. The predicted molar refractivity (Wildman–Crippen MR) is 107 cm³/mol. The first-order valence-electron chi connectivity index (χ1n) is 10.3. The highest BCUT2D eigenvalue weighted by Crippen LogP contribution is 2.30. The second kappa shape index (κ2) is 10.5. The van der Waals surface area contributed by atoms with Crippen molar-refractivity contribution in [2.45, 2.75) is 69.5 Å². The van der Waals surface area contributed by atoms with Gasteiger partial charge in [-0.2, -0.15) is 0 Å². The van der Waals surface area contributed by atoms with E-state index in [0.29, 0.717) is 32.6 Å². The summed E-state index contributed by atoms with van der Waals surface area (Å²) in [6.07, 6.45) is 11.7. The maximum Gasteiger partial charge on any atom is 0.191 e. The molecule has 0 bridgehead atoms. The molecular weight excluding hydrogens is 350 g/mol. The maximum atomic E-state index is 12.3. The molecule has 0 aromatic heterocycles. The van der Waals surface area contributed by atoms with Gasteiger partial charge in [0.05, 0.1) is 11.3 Å². The highest BCUT2D eigenvalue weighted by atomic mass is 32.2. The Balaban J connectivity index is 1.86. The lowest BCUT2D eigenvalue weighted by Crippen LogP contribution is -2.47. The van der Waals surface area contributed by atoms with Gasteiger partial charge in [0.2, 0.25) is 0 Å². The molecule has 0 spiro atoms. The van der Waals surface area contributed by atoms with Crippen LogP contribution in [0.15, 0.2) is 4.99 Å². The van der Waals surface area contributed by atoms with E-state index in [1.165, 1.54) is 44.8 Å². The smallest absolute Gasteiger partial charge is 0.191 e. The highest BCUT2D eigenvalue weighted by molar-refractivity contribution is 7.92. The lowest BCUT2D eigenvalue weighted by Gasteiger charge is -2.34. The van der Waals surface area contributed by atoms with Crippen LogP contribution < -0.4 is 10.6 Å². The molecule has 0 aromatic rings. The molecule has 26 heavy (non-hydrogen) atoms. The lowest BCUT2D eigenvalue weighted by atomic mass is 9.86. The zero-order valence-electron chi connectivity index (χ0n) is 16.6. The number of guanidine groups is 1. The number of sulfone groups is 1. The zero-order valence-corrected chi connectivity index (χ0v) is 17.4.